The summed E-state index contributed by atoms with van der Waals surface area (Å²) in [5.74, 6) is 0.0361. The van der Waals surface area contributed by atoms with E-state index < -0.39 is 11.7 Å². The lowest BCUT2D eigenvalue weighted by Gasteiger charge is -2.32. The molecule has 10 unspecified atom stereocenters. The van der Waals surface area contributed by atoms with Crippen LogP contribution in [0.1, 0.15) is 307 Å². The predicted octanol–water partition coefficient (Wildman–Crippen LogP) is 22.3. The lowest BCUT2D eigenvalue weighted by molar-refractivity contribution is 0.00113. The van der Waals surface area contributed by atoms with Gasteiger partial charge in [0.2, 0.25) is 0 Å². The van der Waals surface area contributed by atoms with E-state index in [4.69, 9.17) is 52.1 Å². The van der Waals surface area contributed by atoms with Crippen LogP contribution >= 0.6 is 0 Å². The zero-order valence-corrected chi connectivity index (χ0v) is 96.3. The first-order chi connectivity index (χ1) is 69.3. The molecule has 20 aliphatic rings. The minimum atomic E-state index is -0.686. The summed E-state index contributed by atoms with van der Waals surface area (Å²) in [6.45, 7) is 91.2. The summed E-state index contributed by atoms with van der Waals surface area (Å²) in [6.07, 6.45) is 48.5. The monoisotopic (exact) mass is 2050 g/mol. The summed E-state index contributed by atoms with van der Waals surface area (Å²) in [4.78, 5) is 24.5. The van der Waals surface area contributed by atoms with Gasteiger partial charge in [0.25, 0.3) is 0 Å². The van der Waals surface area contributed by atoms with E-state index in [1.54, 1.807) is 18.6 Å². The molecule has 0 N–H and O–H groups in total. The molecule has 15 fully saturated rings. The van der Waals surface area contributed by atoms with Crippen LogP contribution in [0.4, 0.5) is 17.6 Å². The second-order valence-corrected chi connectivity index (χ2v) is 49.6. The highest BCUT2D eigenvalue weighted by Gasteiger charge is 2.56. The fourth-order valence-corrected chi connectivity index (χ4v) is 26.6. The van der Waals surface area contributed by atoms with Gasteiger partial charge in [-0.25, -0.2) is 17.6 Å². The van der Waals surface area contributed by atoms with Crippen molar-refractivity contribution < 1.29 is 69.7 Å². The molecule has 0 aliphatic carbocycles. The highest BCUT2D eigenvalue weighted by atomic mass is 19.1. The van der Waals surface area contributed by atoms with Gasteiger partial charge in [0.15, 0.2) is 0 Å². The van der Waals surface area contributed by atoms with Crippen LogP contribution in [0, 0.1) is 0 Å². The maximum atomic E-state index is 13.7. The first-order valence-corrected chi connectivity index (χ1v) is 57.5. The molecule has 20 aliphatic heterocycles. The molecule has 0 aromatic heterocycles. The van der Waals surface area contributed by atoms with Crippen LogP contribution in [0.5, 0.6) is 0 Å². The quantitative estimate of drug-likeness (QED) is 0.0466. The van der Waals surface area contributed by atoms with Gasteiger partial charge >= 0.3 is 0 Å². The van der Waals surface area contributed by atoms with Crippen LogP contribution in [0.25, 0.3) is 0 Å². The number of allylic oxidation sites excluding steroid dienone is 2. The Balaban J connectivity index is 0.000000154. The van der Waals surface area contributed by atoms with Crippen molar-refractivity contribution in [1.29, 1.82) is 0 Å². The molecule has 25 heteroatoms. The fraction of sp³-hybridized carbons (Fsp3) is 0.818. The van der Waals surface area contributed by atoms with Crippen molar-refractivity contribution in [2.24, 2.45) is 0 Å². The first-order valence-electron chi connectivity index (χ1n) is 57.5. The van der Waals surface area contributed by atoms with Crippen molar-refractivity contribution >= 4 is 0 Å². The molecule has 21 nitrogen and oxygen atoms in total. The Morgan fingerprint density at radius 3 is 1.30 bits per heavy atom. The molecule has 0 bridgehead atoms. The lowest BCUT2D eigenvalue weighted by Crippen LogP contribution is -2.45. The van der Waals surface area contributed by atoms with E-state index in [-0.39, 0.29) is 74.8 Å². The van der Waals surface area contributed by atoms with Crippen LogP contribution < -0.4 is 0 Å². The summed E-state index contributed by atoms with van der Waals surface area (Å²) in [7, 11) is 0. The molecular formula is C121H206F4N10O11. The molecule has 10 atom stereocenters. The zero-order valence-electron chi connectivity index (χ0n) is 96.3. The maximum Gasteiger partial charge on any atom is 0.120 e. The fourth-order valence-electron chi connectivity index (χ4n) is 26.6. The van der Waals surface area contributed by atoms with E-state index in [9.17, 15) is 17.6 Å². The Morgan fingerprint density at radius 1 is 0.384 bits per heavy atom. The second-order valence-electron chi connectivity index (χ2n) is 49.6. The maximum absolute atomic E-state index is 13.7. The molecule has 0 aromatic carbocycles. The second kappa shape index (κ2) is 55.6. The number of hydrogen-bond donors (Lipinski definition) is 0. The van der Waals surface area contributed by atoms with Crippen molar-refractivity contribution in [3.8, 4) is 0 Å². The van der Waals surface area contributed by atoms with Gasteiger partial charge in [-0.15, -0.1) is 0 Å². The van der Waals surface area contributed by atoms with Crippen LogP contribution in [0.3, 0.4) is 0 Å². The molecule has 0 spiro atoms. The molecular weight excluding hydrogens is 1850 g/mol. The molecule has 834 valence electrons. The van der Waals surface area contributed by atoms with Crippen LogP contribution in [-0.4, -0.2) is 381 Å². The topological polar surface area (TPSA) is 134 Å². The van der Waals surface area contributed by atoms with Crippen molar-refractivity contribution in [2.75, 3.05) is 204 Å². The summed E-state index contributed by atoms with van der Waals surface area (Å²) in [5, 5.41) is 0. The van der Waals surface area contributed by atoms with Gasteiger partial charge in [-0.05, 0) is 364 Å². The van der Waals surface area contributed by atoms with Gasteiger partial charge < -0.3 is 52.1 Å². The van der Waals surface area contributed by atoms with Crippen molar-refractivity contribution in [3.63, 3.8) is 0 Å². The standard InChI is InChI=1S/C13H22FNO.C13H25NO2.C13H21NO.C13H23NO.2C12H20FNO.C12H21NO.C11H18FNO.C11H19NO.C11H17NO/c1-10(2)16-9-13-5-4-6-15(13)8-12(7-13)11(3)14;1-4-15-12-8-13(10-16-11(2)3)6-5-7-14(13)9-12;1-10(2)15-9-13-5-11(3)7-14(13)8-12(4)6-13;1-4-12-8-13(10-15-11(2)3)6-5-7-14(13)9-12;1-9(2)15-8-12-4-10(3)6-14(12)7-11(13)5-12;1-10(2)15-9-12-4-3-5-14(12)8-11(6-12)7-13;1-10(2)14-9-12-5-4-6-13(12)8-11(3)7-12;1-9(2)14-8-11-5-3-6-13(11)7-4-10(11)12;2*1-10(2)13-9-11-5-3-7-12(11)8-4-6-11/h10H,4-9H2,1-3H3;11-12H,4-10H2,1-3H3;10H,3-9H2,1-2H3;4,11H,5-10H2,1-3H3;9,11H,3-8H2,1-2H3;7,10H,3-6,8-9H2,1-2H3;7,10H,4-6,8-9H2,1-3H3;4,9H,3,5-8H2,1-2H3;3,5,10H,4,6-9H2,1-2H3;3-6,10H,7-9H2,1-2H3/b12-11+;;;12-4-;;11-7+;;;;. The first kappa shape index (κ1) is 122. The third kappa shape index (κ3) is 32.4. The Labute approximate surface area is 884 Å². The summed E-state index contributed by atoms with van der Waals surface area (Å²) in [5.41, 5.74) is 10.1. The van der Waals surface area contributed by atoms with Gasteiger partial charge in [-0.3, -0.25) is 49.0 Å². The van der Waals surface area contributed by atoms with Gasteiger partial charge in [0.1, 0.15) is 12.0 Å². The highest BCUT2D eigenvalue weighted by molar-refractivity contribution is 5.32. The number of rotatable bonds is 32. The molecule has 20 heterocycles. The van der Waals surface area contributed by atoms with E-state index in [0.717, 1.165) is 233 Å². The van der Waals surface area contributed by atoms with Crippen LogP contribution in [-0.2, 0) is 52.1 Å². The number of alkyl halides is 1. The Hall–Kier alpha value is -3.98. The van der Waals surface area contributed by atoms with E-state index in [0.29, 0.717) is 80.0 Å². The molecule has 0 radical (unpaired) electrons. The Morgan fingerprint density at radius 2 is 0.781 bits per heavy atom. The van der Waals surface area contributed by atoms with Gasteiger partial charge in [0, 0.05) is 120 Å². The van der Waals surface area contributed by atoms with Gasteiger partial charge in [-0.2, -0.15) is 0 Å². The summed E-state index contributed by atoms with van der Waals surface area (Å²) in [6, 6.07) is 0. The molecule has 0 saturated carbocycles. The Kier molecular flexibility index (Phi) is 46.5. The highest BCUT2D eigenvalue weighted by Crippen LogP contribution is 2.50. The van der Waals surface area contributed by atoms with E-state index in [2.05, 4.69) is 249 Å². The minimum Gasteiger partial charge on any atom is -0.377 e. The average molecular weight is 2050 g/mol. The van der Waals surface area contributed by atoms with Crippen molar-refractivity contribution in [1.82, 2.24) is 49.0 Å². The SMILES string of the molecule is C/C(F)=C1\CN2CCCC2(COC(C)C)C1.C/C=C1\CN2CCCC2(COC(C)C)C1.C=C1CN2CC(=C)CC2(COC(C)C)C1.C=C1CN2CC(F)CC2(COC(C)C)C1.CC(C)OCC12C=CCN1CC=C2.CC(C)OCC12C=CCN1CCC2.CC(C)OCC12CCCN1C/C(=C/F)C2.CC(C)OCC12CCCN1CC=C2F.CC1=CC2(COC(C)C)CCCN2C1.CCOC1CN2CCCC2(COC(C)C)C1. The van der Waals surface area contributed by atoms with Crippen LogP contribution in [0.2, 0.25) is 0 Å². The van der Waals surface area contributed by atoms with Crippen molar-refractivity contribution in [2.45, 2.75) is 436 Å². The van der Waals surface area contributed by atoms with Crippen LogP contribution in [0.15, 0.2) is 131 Å². The number of hydrogen-bond acceptors (Lipinski definition) is 21. The van der Waals surface area contributed by atoms with E-state index >= 15 is 0 Å². The third-order valence-electron chi connectivity index (χ3n) is 34.0. The average Bonchev–Trinajstić information content (AvgIpc) is 1.61. The minimum absolute atomic E-state index is 0.0123. The third-order valence-corrected chi connectivity index (χ3v) is 34.0. The van der Waals surface area contributed by atoms with Gasteiger partial charge in [-0.1, -0.05) is 96.2 Å². The van der Waals surface area contributed by atoms with E-state index in [1.807, 2.05) is 27.7 Å². The predicted molar refractivity (Wildman–Crippen MR) is 590 cm³/mol. The van der Waals surface area contributed by atoms with Crippen molar-refractivity contribution in [3.05, 3.63) is 131 Å². The summed E-state index contributed by atoms with van der Waals surface area (Å²) >= 11 is 0. The zero-order chi connectivity index (χ0) is 106. The van der Waals surface area contributed by atoms with E-state index in [1.165, 1.54) is 126 Å². The number of ether oxygens (including phenoxy) is 11. The molecule has 15 saturated heterocycles. The number of nitrogens with zero attached hydrogens (tertiary/aromatic N) is 10. The van der Waals surface area contributed by atoms with Gasteiger partial charge in [0.05, 0.1) is 179 Å². The molecule has 146 heavy (non-hydrogen) atoms. The summed E-state index contributed by atoms with van der Waals surface area (Å²) < 4.78 is 116. The molecule has 0 amide bonds. The Bertz CT molecular complexity index is 4240. The lowest BCUT2D eigenvalue weighted by atomic mass is 9.92. The number of fused-ring (bicyclic) bond motifs is 10. The molecule has 20 rings (SSSR count). The largest absolute Gasteiger partial charge is 0.377 e. The smallest absolute Gasteiger partial charge is 0.120 e. The number of halogens is 4. The normalized spacial score (nSPS) is 32.2. The molecule has 0 aromatic rings.